The SMILES string of the molecule is [CH2]C(C)([CH]C)NC(=O)c1ccc(-c2ccc(Cl)cc2)c(OCC2CC2)n1. The van der Waals surface area contributed by atoms with Crippen molar-refractivity contribution in [3.63, 3.8) is 0 Å². The Balaban J connectivity index is 1.89. The molecule has 2 aromatic rings. The van der Waals surface area contributed by atoms with Crippen LogP contribution in [0.15, 0.2) is 36.4 Å². The standard InChI is InChI=1S/C21H23ClN2O2/c1-4-21(2,3)24-19(25)18-12-11-17(15-7-9-16(22)10-8-15)20(23-18)26-13-14-5-6-14/h4,7-12,14H,2,5-6,13H2,1,3H3,(H,24,25). The second-order valence-electron chi connectivity index (χ2n) is 6.97. The van der Waals surface area contributed by atoms with Gasteiger partial charge >= 0.3 is 0 Å². The lowest BCUT2D eigenvalue weighted by molar-refractivity contribution is 0.0923. The number of pyridine rings is 1. The van der Waals surface area contributed by atoms with Crippen molar-refractivity contribution in [2.45, 2.75) is 32.2 Å². The van der Waals surface area contributed by atoms with Gasteiger partial charge in [-0.15, -0.1) is 0 Å². The van der Waals surface area contributed by atoms with Crippen LogP contribution in [0.2, 0.25) is 5.02 Å². The van der Waals surface area contributed by atoms with Gasteiger partial charge in [-0.1, -0.05) is 30.7 Å². The molecule has 0 spiro atoms. The minimum absolute atomic E-state index is 0.278. The topological polar surface area (TPSA) is 51.2 Å². The lowest BCUT2D eigenvalue weighted by Crippen LogP contribution is -2.43. The largest absolute Gasteiger partial charge is 0.477 e. The first-order valence-corrected chi connectivity index (χ1v) is 9.14. The Morgan fingerprint density at radius 3 is 2.65 bits per heavy atom. The summed E-state index contributed by atoms with van der Waals surface area (Å²) in [5.41, 5.74) is 1.45. The summed E-state index contributed by atoms with van der Waals surface area (Å²) >= 11 is 5.98. The Morgan fingerprint density at radius 1 is 1.35 bits per heavy atom. The van der Waals surface area contributed by atoms with Gasteiger partial charge in [-0.05, 0) is 68.9 Å². The molecular formula is C21H23ClN2O2. The van der Waals surface area contributed by atoms with E-state index in [1.165, 1.54) is 12.8 Å². The monoisotopic (exact) mass is 370 g/mol. The highest BCUT2D eigenvalue weighted by atomic mass is 35.5. The van der Waals surface area contributed by atoms with Gasteiger partial charge in [0.25, 0.3) is 5.91 Å². The molecule has 0 bridgehead atoms. The quantitative estimate of drug-likeness (QED) is 0.766. The molecular weight excluding hydrogens is 348 g/mol. The summed E-state index contributed by atoms with van der Waals surface area (Å²) in [6.07, 6.45) is 4.20. The van der Waals surface area contributed by atoms with Crippen molar-refractivity contribution in [3.05, 3.63) is 60.5 Å². The summed E-state index contributed by atoms with van der Waals surface area (Å²) in [7, 11) is 0. The summed E-state index contributed by atoms with van der Waals surface area (Å²) in [6.45, 7) is 8.26. The van der Waals surface area contributed by atoms with Crippen molar-refractivity contribution in [2.24, 2.45) is 5.92 Å². The number of carbonyl (C=O) groups excluding carboxylic acids is 1. The predicted octanol–water partition coefficient (Wildman–Crippen LogP) is 4.74. The van der Waals surface area contributed by atoms with Crippen molar-refractivity contribution >= 4 is 17.5 Å². The molecule has 1 saturated carbocycles. The van der Waals surface area contributed by atoms with Gasteiger partial charge in [-0.2, -0.15) is 0 Å². The third kappa shape index (κ3) is 4.76. The smallest absolute Gasteiger partial charge is 0.270 e. The number of aromatic nitrogens is 1. The highest BCUT2D eigenvalue weighted by molar-refractivity contribution is 6.30. The van der Waals surface area contributed by atoms with Crippen molar-refractivity contribution in [1.82, 2.24) is 10.3 Å². The van der Waals surface area contributed by atoms with Crippen LogP contribution in [0, 0.1) is 19.3 Å². The van der Waals surface area contributed by atoms with Crippen LogP contribution in [0.1, 0.15) is 37.2 Å². The molecule has 1 aromatic carbocycles. The lowest BCUT2D eigenvalue weighted by atomic mass is 10.0. The Bertz CT molecular complexity index is 783. The van der Waals surface area contributed by atoms with Crippen LogP contribution in [-0.4, -0.2) is 23.0 Å². The highest BCUT2D eigenvalue weighted by Crippen LogP contribution is 2.33. The molecule has 1 unspecified atom stereocenters. The van der Waals surface area contributed by atoms with Crippen LogP contribution in [-0.2, 0) is 0 Å². The predicted molar refractivity (Wildman–Crippen MR) is 104 cm³/mol. The molecule has 1 aliphatic rings. The van der Waals surface area contributed by atoms with E-state index in [9.17, 15) is 4.79 Å². The molecule has 1 heterocycles. The number of amides is 1. The zero-order chi connectivity index (χ0) is 18.7. The molecule has 1 amide bonds. The second-order valence-corrected chi connectivity index (χ2v) is 7.41. The van der Waals surface area contributed by atoms with Crippen molar-refractivity contribution in [1.29, 1.82) is 0 Å². The van der Waals surface area contributed by atoms with Crippen LogP contribution >= 0.6 is 11.6 Å². The number of nitrogens with one attached hydrogen (secondary N) is 1. The number of carbonyl (C=O) groups is 1. The number of rotatable bonds is 7. The Kier molecular flexibility index (Phi) is 5.52. The number of benzene rings is 1. The molecule has 136 valence electrons. The average Bonchev–Trinajstić information content (AvgIpc) is 3.44. The molecule has 4 nitrogen and oxygen atoms in total. The molecule has 1 atom stereocenters. The van der Waals surface area contributed by atoms with Crippen LogP contribution in [0.5, 0.6) is 5.88 Å². The van der Waals surface area contributed by atoms with E-state index in [1.54, 1.807) is 6.07 Å². The summed E-state index contributed by atoms with van der Waals surface area (Å²) < 4.78 is 5.95. The zero-order valence-electron chi connectivity index (χ0n) is 15.1. The maximum Gasteiger partial charge on any atom is 0.270 e. The molecule has 1 aliphatic carbocycles. The van der Waals surface area contributed by atoms with Crippen LogP contribution in [0.4, 0.5) is 0 Å². The van der Waals surface area contributed by atoms with E-state index >= 15 is 0 Å². The van der Waals surface area contributed by atoms with Gasteiger partial charge in [0, 0.05) is 16.1 Å². The van der Waals surface area contributed by atoms with Gasteiger partial charge in [-0.25, -0.2) is 4.98 Å². The summed E-state index contributed by atoms with van der Waals surface area (Å²) in [6, 6.07) is 11.1. The number of nitrogens with zero attached hydrogens (tertiary/aromatic N) is 1. The Labute approximate surface area is 159 Å². The Morgan fingerprint density at radius 2 is 2.04 bits per heavy atom. The lowest BCUT2D eigenvalue weighted by Gasteiger charge is -2.23. The molecule has 1 aromatic heterocycles. The third-order valence-electron chi connectivity index (χ3n) is 4.44. The fraction of sp³-hybridized carbons (Fsp3) is 0.333. The van der Waals surface area contributed by atoms with E-state index in [1.807, 2.05) is 50.6 Å². The average molecular weight is 371 g/mol. The zero-order valence-corrected chi connectivity index (χ0v) is 15.8. The first-order valence-electron chi connectivity index (χ1n) is 8.76. The van der Waals surface area contributed by atoms with E-state index in [2.05, 4.69) is 17.2 Å². The molecule has 2 radical (unpaired) electrons. The van der Waals surface area contributed by atoms with E-state index in [4.69, 9.17) is 16.3 Å². The van der Waals surface area contributed by atoms with E-state index in [0.717, 1.165) is 11.1 Å². The fourth-order valence-electron chi connectivity index (χ4n) is 2.40. The normalized spacial score (nSPS) is 14.2. The van der Waals surface area contributed by atoms with Gasteiger partial charge in [-0.3, -0.25) is 4.79 Å². The molecule has 0 aliphatic heterocycles. The van der Waals surface area contributed by atoms with Gasteiger partial charge in [0.1, 0.15) is 5.69 Å². The number of halogens is 1. The van der Waals surface area contributed by atoms with Gasteiger partial charge in [0.2, 0.25) is 5.88 Å². The number of ether oxygens (including phenoxy) is 1. The van der Waals surface area contributed by atoms with Gasteiger partial charge in [0.05, 0.1) is 6.61 Å². The van der Waals surface area contributed by atoms with Crippen molar-refractivity contribution < 1.29 is 9.53 Å². The van der Waals surface area contributed by atoms with Crippen molar-refractivity contribution in [2.75, 3.05) is 6.61 Å². The maximum absolute atomic E-state index is 12.5. The first-order chi connectivity index (χ1) is 12.4. The van der Waals surface area contributed by atoms with Gasteiger partial charge < -0.3 is 10.1 Å². The number of hydrogen-bond donors (Lipinski definition) is 1. The van der Waals surface area contributed by atoms with Crippen LogP contribution in [0.25, 0.3) is 11.1 Å². The molecule has 1 fully saturated rings. The molecule has 0 saturated heterocycles. The number of hydrogen-bond acceptors (Lipinski definition) is 3. The second kappa shape index (κ2) is 7.67. The Hall–Kier alpha value is -2.07. The minimum atomic E-state index is -0.650. The van der Waals surface area contributed by atoms with E-state index < -0.39 is 5.54 Å². The summed E-state index contributed by atoms with van der Waals surface area (Å²) in [4.78, 5) is 17.0. The minimum Gasteiger partial charge on any atom is -0.477 e. The first kappa shape index (κ1) is 18.7. The highest BCUT2D eigenvalue weighted by Gasteiger charge is 2.24. The summed E-state index contributed by atoms with van der Waals surface area (Å²) in [5, 5.41) is 3.52. The van der Waals surface area contributed by atoms with E-state index in [-0.39, 0.29) is 5.91 Å². The summed E-state index contributed by atoms with van der Waals surface area (Å²) in [5.74, 6) is 0.780. The van der Waals surface area contributed by atoms with Crippen molar-refractivity contribution in [3.8, 4) is 17.0 Å². The molecule has 3 rings (SSSR count). The molecule has 5 heteroatoms. The molecule has 26 heavy (non-hydrogen) atoms. The van der Waals surface area contributed by atoms with Crippen LogP contribution in [0.3, 0.4) is 0 Å². The van der Waals surface area contributed by atoms with E-state index in [0.29, 0.717) is 29.1 Å². The van der Waals surface area contributed by atoms with Crippen LogP contribution < -0.4 is 10.1 Å². The maximum atomic E-state index is 12.5. The van der Waals surface area contributed by atoms with Gasteiger partial charge in [0.15, 0.2) is 0 Å². The fourth-order valence-corrected chi connectivity index (χ4v) is 2.53. The third-order valence-corrected chi connectivity index (χ3v) is 4.69. The molecule has 1 N–H and O–H groups in total.